The summed E-state index contributed by atoms with van der Waals surface area (Å²) in [6.45, 7) is 6.07. The monoisotopic (exact) mass is 837 g/mol. The highest BCUT2D eigenvalue weighted by Gasteiger charge is 2.19. The van der Waals surface area contributed by atoms with Gasteiger partial charge in [0.05, 0.1) is 0 Å². The summed E-state index contributed by atoms with van der Waals surface area (Å²) in [6, 6.07) is 0. The minimum atomic E-state index is -0.853. The predicted octanol–water partition coefficient (Wildman–Crippen LogP) is 15.1. The molecule has 0 aliphatic carbocycles. The van der Waals surface area contributed by atoms with Gasteiger partial charge in [-0.3, -0.25) is 14.4 Å². The van der Waals surface area contributed by atoms with Crippen molar-refractivity contribution in [2.45, 2.75) is 155 Å². The zero-order chi connectivity index (χ0) is 44.4. The van der Waals surface area contributed by atoms with Crippen LogP contribution in [0.3, 0.4) is 0 Å². The summed E-state index contributed by atoms with van der Waals surface area (Å²) in [5.41, 5.74) is 0. The quantitative estimate of drug-likeness (QED) is 0.0203. The largest absolute Gasteiger partial charge is 0.462 e. The molecule has 0 spiro atoms. The molecule has 1 atom stereocenters. The average molecular weight is 837 g/mol. The molecule has 0 radical (unpaired) electrons. The van der Waals surface area contributed by atoms with Gasteiger partial charge in [-0.2, -0.15) is 0 Å². The van der Waals surface area contributed by atoms with Gasteiger partial charge in [0.2, 0.25) is 0 Å². The third kappa shape index (κ3) is 46.0. The van der Waals surface area contributed by atoms with Crippen molar-refractivity contribution in [2.75, 3.05) is 13.2 Å². The first-order valence-corrected chi connectivity index (χ1v) is 23.1. The second-order valence-electron chi connectivity index (χ2n) is 14.3. The molecule has 61 heavy (non-hydrogen) atoms. The number of unbranched alkanes of at least 4 members (excludes halogenated alkanes) is 7. The smallest absolute Gasteiger partial charge is 0.306 e. The highest BCUT2D eigenvalue weighted by atomic mass is 16.6. The standard InChI is InChI=1S/C55H80O6/c1-4-7-10-13-16-19-22-25-26-27-28-31-33-36-39-42-45-48-54(57)60-51-52(61-55(58)49-46-43-40-37-34-30-24-21-18-15-12-9-6-3)50-59-53(56)47-44-41-38-35-32-29-23-20-17-14-11-8-5-2/h7-12,14-21,23-26,28,30-31,34,36-37,39-40,52H,4-6,13,22,27,29,32-33,35,38,41-51H2,1-3H3/b10-7-,11-8-,12-9-,17-14-,18-15-,19-16-,23-20-,24-21-,26-25-,31-28-,34-30-,39-36-,40-37-. The number of ether oxygens (including phenoxy) is 3. The molecule has 0 bridgehead atoms. The Labute approximate surface area is 371 Å². The van der Waals surface area contributed by atoms with Crippen molar-refractivity contribution in [1.82, 2.24) is 0 Å². The lowest BCUT2D eigenvalue weighted by molar-refractivity contribution is -0.167. The molecule has 0 aromatic carbocycles. The van der Waals surface area contributed by atoms with Gasteiger partial charge < -0.3 is 14.2 Å². The molecular formula is C55H80O6. The van der Waals surface area contributed by atoms with Crippen molar-refractivity contribution in [2.24, 2.45) is 0 Å². The maximum absolute atomic E-state index is 12.7. The van der Waals surface area contributed by atoms with Crippen LogP contribution in [0, 0.1) is 0 Å². The summed E-state index contributed by atoms with van der Waals surface area (Å²) in [4.78, 5) is 37.8. The third-order valence-electron chi connectivity index (χ3n) is 8.70. The summed E-state index contributed by atoms with van der Waals surface area (Å²) in [5.74, 6) is -1.12. The van der Waals surface area contributed by atoms with E-state index in [-0.39, 0.29) is 38.0 Å². The summed E-state index contributed by atoms with van der Waals surface area (Å²) in [6.07, 6.45) is 69.5. The fourth-order valence-corrected chi connectivity index (χ4v) is 5.33. The number of esters is 3. The van der Waals surface area contributed by atoms with E-state index in [9.17, 15) is 14.4 Å². The van der Waals surface area contributed by atoms with Crippen LogP contribution in [0.25, 0.3) is 0 Å². The summed E-state index contributed by atoms with van der Waals surface area (Å²) in [7, 11) is 0. The Kier molecular flexibility index (Phi) is 43.8. The molecule has 0 aliphatic heterocycles. The van der Waals surface area contributed by atoms with Crippen LogP contribution in [0.5, 0.6) is 0 Å². The minimum absolute atomic E-state index is 0.144. The fraction of sp³-hybridized carbons (Fsp3) is 0.473. The minimum Gasteiger partial charge on any atom is -0.462 e. The van der Waals surface area contributed by atoms with E-state index < -0.39 is 12.1 Å². The van der Waals surface area contributed by atoms with Crippen molar-refractivity contribution in [3.8, 4) is 0 Å². The Morgan fingerprint density at radius 1 is 0.344 bits per heavy atom. The molecule has 336 valence electrons. The van der Waals surface area contributed by atoms with Gasteiger partial charge in [-0.05, 0) is 89.9 Å². The van der Waals surface area contributed by atoms with Crippen LogP contribution >= 0.6 is 0 Å². The van der Waals surface area contributed by atoms with E-state index in [1.807, 2.05) is 60.8 Å². The second-order valence-corrected chi connectivity index (χ2v) is 14.3. The van der Waals surface area contributed by atoms with Gasteiger partial charge in [0.25, 0.3) is 0 Å². The van der Waals surface area contributed by atoms with Gasteiger partial charge in [-0.25, -0.2) is 0 Å². The number of hydrogen-bond acceptors (Lipinski definition) is 6. The number of carbonyl (C=O) groups excluding carboxylic acids is 3. The third-order valence-corrected chi connectivity index (χ3v) is 8.70. The number of rotatable bonds is 38. The normalized spacial score (nSPS) is 13.6. The van der Waals surface area contributed by atoms with Gasteiger partial charge in [-0.15, -0.1) is 0 Å². The molecule has 0 amide bonds. The first kappa shape index (κ1) is 56.0. The Morgan fingerprint density at radius 3 is 1.18 bits per heavy atom. The van der Waals surface area contributed by atoms with Crippen LogP contribution in [-0.2, 0) is 28.6 Å². The zero-order valence-corrected chi connectivity index (χ0v) is 38.1. The van der Waals surface area contributed by atoms with Crippen LogP contribution < -0.4 is 0 Å². The van der Waals surface area contributed by atoms with Crippen molar-refractivity contribution < 1.29 is 28.6 Å². The van der Waals surface area contributed by atoms with E-state index in [1.165, 1.54) is 0 Å². The maximum atomic E-state index is 12.7. The van der Waals surface area contributed by atoms with E-state index in [0.29, 0.717) is 25.7 Å². The van der Waals surface area contributed by atoms with Crippen molar-refractivity contribution in [1.29, 1.82) is 0 Å². The second kappa shape index (κ2) is 47.7. The molecule has 1 unspecified atom stereocenters. The lowest BCUT2D eigenvalue weighted by atomic mass is 10.1. The average Bonchev–Trinajstić information content (AvgIpc) is 3.26. The molecule has 6 heteroatoms. The van der Waals surface area contributed by atoms with Crippen LogP contribution in [0.4, 0.5) is 0 Å². The Balaban J connectivity index is 4.66. The van der Waals surface area contributed by atoms with Crippen LogP contribution in [-0.4, -0.2) is 37.2 Å². The molecule has 0 saturated heterocycles. The van der Waals surface area contributed by atoms with Crippen molar-refractivity contribution in [3.63, 3.8) is 0 Å². The van der Waals surface area contributed by atoms with E-state index in [0.717, 1.165) is 89.9 Å². The lowest BCUT2D eigenvalue weighted by Gasteiger charge is -2.18. The Morgan fingerprint density at radius 2 is 0.689 bits per heavy atom. The zero-order valence-electron chi connectivity index (χ0n) is 38.1. The van der Waals surface area contributed by atoms with Crippen LogP contribution in [0.1, 0.15) is 149 Å². The van der Waals surface area contributed by atoms with E-state index in [1.54, 1.807) is 0 Å². The van der Waals surface area contributed by atoms with Crippen molar-refractivity contribution >= 4 is 17.9 Å². The molecular weight excluding hydrogens is 757 g/mol. The molecule has 0 N–H and O–H groups in total. The van der Waals surface area contributed by atoms with Crippen LogP contribution in [0.15, 0.2) is 158 Å². The maximum Gasteiger partial charge on any atom is 0.306 e. The van der Waals surface area contributed by atoms with Gasteiger partial charge in [-0.1, -0.05) is 198 Å². The summed E-state index contributed by atoms with van der Waals surface area (Å²) < 4.78 is 16.6. The van der Waals surface area contributed by atoms with Gasteiger partial charge in [0.15, 0.2) is 6.10 Å². The molecule has 0 heterocycles. The molecule has 0 rings (SSSR count). The number of hydrogen-bond donors (Lipinski definition) is 0. The number of allylic oxidation sites excluding steroid dienone is 26. The fourth-order valence-electron chi connectivity index (χ4n) is 5.33. The molecule has 0 saturated carbocycles. The molecule has 0 aliphatic rings. The van der Waals surface area contributed by atoms with Crippen LogP contribution in [0.2, 0.25) is 0 Å². The first-order chi connectivity index (χ1) is 30.0. The Bertz CT molecular complexity index is 1470. The Hall–Kier alpha value is -4.97. The van der Waals surface area contributed by atoms with Crippen molar-refractivity contribution in [3.05, 3.63) is 158 Å². The highest BCUT2D eigenvalue weighted by molar-refractivity contribution is 5.71. The molecule has 0 fully saturated rings. The molecule has 0 aromatic rings. The summed E-state index contributed by atoms with van der Waals surface area (Å²) in [5, 5.41) is 0. The summed E-state index contributed by atoms with van der Waals surface area (Å²) >= 11 is 0. The van der Waals surface area contributed by atoms with Gasteiger partial charge in [0, 0.05) is 19.3 Å². The van der Waals surface area contributed by atoms with Gasteiger partial charge in [0.1, 0.15) is 13.2 Å². The predicted molar refractivity (Wildman–Crippen MR) is 260 cm³/mol. The molecule has 0 aromatic heterocycles. The highest BCUT2D eigenvalue weighted by Crippen LogP contribution is 2.10. The van der Waals surface area contributed by atoms with E-state index in [4.69, 9.17) is 14.2 Å². The number of carbonyl (C=O) groups is 3. The van der Waals surface area contributed by atoms with E-state index in [2.05, 4.69) is 118 Å². The topological polar surface area (TPSA) is 78.9 Å². The SMILES string of the molecule is CC\C=C/C=C\C=C/C=C\C=C/CCCC(=O)OC(COC(=O)CCC/C=C\C/C=C\C/C=C\C/C=C\C/C=C\CC)COC(=O)CCCCCCC\C=C/C=C\C=C/CC. The molecule has 6 nitrogen and oxygen atoms in total. The first-order valence-electron chi connectivity index (χ1n) is 23.1. The van der Waals surface area contributed by atoms with Gasteiger partial charge >= 0.3 is 17.9 Å². The van der Waals surface area contributed by atoms with E-state index >= 15 is 0 Å². The lowest BCUT2D eigenvalue weighted by Crippen LogP contribution is -2.30.